The number of hydrogen-bond acceptors (Lipinski definition) is 4. The molecule has 0 spiro atoms. The lowest BCUT2D eigenvalue weighted by Crippen LogP contribution is -2.46. The number of rotatable bonds is 8. The molecule has 0 aromatic rings. The first-order valence-corrected chi connectivity index (χ1v) is 8.79. The summed E-state index contributed by atoms with van der Waals surface area (Å²) < 4.78 is 5.24. The van der Waals surface area contributed by atoms with Crippen LogP contribution >= 0.6 is 11.8 Å². The number of amides is 1. The maximum absolute atomic E-state index is 12.4. The van der Waals surface area contributed by atoms with Gasteiger partial charge in [0.15, 0.2) is 0 Å². The Morgan fingerprint density at radius 3 is 2.55 bits per heavy atom. The third-order valence-electron chi connectivity index (χ3n) is 3.38. The van der Waals surface area contributed by atoms with Gasteiger partial charge in [0.2, 0.25) is 5.91 Å². The first kappa shape index (κ1) is 17.3. The molecule has 0 bridgehead atoms. The predicted octanol–water partition coefficient (Wildman–Crippen LogP) is 3.20. The van der Waals surface area contributed by atoms with Gasteiger partial charge in [-0.05, 0) is 19.3 Å². The van der Waals surface area contributed by atoms with Gasteiger partial charge in [0.1, 0.15) is 6.04 Å². The molecule has 0 N–H and O–H groups in total. The smallest absolute Gasteiger partial charge is 0.329 e. The second kappa shape index (κ2) is 9.27. The number of ether oxygens (including phenoxy) is 1. The maximum Gasteiger partial charge on any atom is 0.329 e. The summed E-state index contributed by atoms with van der Waals surface area (Å²) in [5.41, 5.74) is 0. The molecule has 2 atom stereocenters. The van der Waals surface area contributed by atoms with E-state index in [0.717, 1.165) is 32.1 Å². The van der Waals surface area contributed by atoms with Crippen molar-refractivity contribution in [2.24, 2.45) is 0 Å². The van der Waals surface area contributed by atoms with Crippen LogP contribution in [0.1, 0.15) is 59.3 Å². The fourth-order valence-corrected chi connectivity index (χ4v) is 3.83. The van der Waals surface area contributed by atoms with Crippen molar-refractivity contribution in [3.8, 4) is 0 Å². The average molecular weight is 301 g/mol. The van der Waals surface area contributed by atoms with Crippen LogP contribution < -0.4 is 0 Å². The Kier molecular flexibility index (Phi) is 8.04. The Morgan fingerprint density at radius 2 is 1.95 bits per heavy atom. The van der Waals surface area contributed by atoms with Crippen LogP contribution in [0.15, 0.2) is 0 Å². The van der Waals surface area contributed by atoms with E-state index >= 15 is 0 Å². The van der Waals surface area contributed by atoms with Crippen LogP contribution in [0.3, 0.4) is 0 Å². The molecule has 1 aliphatic heterocycles. The zero-order valence-electron chi connectivity index (χ0n) is 12.9. The summed E-state index contributed by atoms with van der Waals surface area (Å²) in [5.74, 6) is 0.544. The monoisotopic (exact) mass is 301 g/mol. The Bertz CT molecular complexity index is 322. The van der Waals surface area contributed by atoms with Gasteiger partial charge in [0, 0.05) is 12.2 Å². The van der Waals surface area contributed by atoms with Crippen LogP contribution in [-0.2, 0) is 14.3 Å². The van der Waals surface area contributed by atoms with E-state index in [1.165, 1.54) is 0 Å². The first-order chi connectivity index (χ1) is 9.65. The highest BCUT2D eigenvalue weighted by Gasteiger charge is 2.41. The number of unbranched alkanes of at least 4 members (excludes halogenated alkanes) is 1. The highest BCUT2D eigenvalue weighted by Crippen LogP contribution is 2.33. The van der Waals surface area contributed by atoms with Crippen LogP contribution in [0.4, 0.5) is 0 Å². The van der Waals surface area contributed by atoms with Crippen LogP contribution in [0, 0.1) is 0 Å². The molecular formula is C15H27NO3S. The first-order valence-electron chi connectivity index (χ1n) is 7.75. The van der Waals surface area contributed by atoms with Gasteiger partial charge in [-0.25, -0.2) is 4.79 Å². The fraction of sp³-hybridized carbons (Fsp3) is 0.867. The molecule has 0 saturated carbocycles. The second-order valence-electron chi connectivity index (χ2n) is 5.16. The molecule has 1 fully saturated rings. The number of esters is 1. The molecule has 1 saturated heterocycles. The average Bonchev–Trinajstić information content (AvgIpc) is 2.86. The van der Waals surface area contributed by atoms with E-state index in [9.17, 15) is 9.59 Å². The minimum absolute atomic E-state index is 0.105. The lowest BCUT2D eigenvalue weighted by molar-refractivity contribution is -0.154. The maximum atomic E-state index is 12.4. The zero-order valence-corrected chi connectivity index (χ0v) is 13.7. The van der Waals surface area contributed by atoms with Gasteiger partial charge in [-0.2, -0.15) is 0 Å². The van der Waals surface area contributed by atoms with Crippen molar-refractivity contribution in [3.05, 3.63) is 0 Å². The zero-order chi connectivity index (χ0) is 15.0. The van der Waals surface area contributed by atoms with E-state index in [1.807, 2.05) is 6.92 Å². The molecule has 1 aliphatic rings. The number of thioether (sulfide) groups is 1. The topological polar surface area (TPSA) is 46.6 Å². The van der Waals surface area contributed by atoms with Crippen molar-refractivity contribution in [1.82, 2.24) is 4.90 Å². The molecule has 0 aliphatic carbocycles. The summed E-state index contributed by atoms with van der Waals surface area (Å²) in [6.07, 6.45) is 5.19. The molecule has 5 heteroatoms. The lowest BCUT2D eigenvalue weighted by Gasteiger charge is -2.28. The molecule has 0 radical (unpaired) electrons. The summed E-state index contributed by atoms with van der Waals surface area (Å²) in [6.45, 7) is 6.59. The molecule has 1 heterocycles. The lowest BCUT2D eigenvalue weighted by atomic mass is 10.1. The van der Waals surface area contributed by atoms with Gasteiger partial charge in [-0.15, -0.1) is 11.8 Å². The summed E-state index contributed by atoms with van der Waals surface area (Å²) >= 11 is 1.71. The minimum atomic E-state index is -0.382. The quantitative estimate of drug-likeness (QED) is 0.646. The van der Waals surface area contributed by atoms with Gasteiger partial charge >= 0.3 is 5.97 Å². The highest BCUT2D eigenvalue weighted by atomic mass is 32.2. The predicted molar refractivity (Wildman–Crippen MR) is 82.6 cm³/mol. The van der Waals surface area contributed by atoms with Crippen LogP contribution in [0.2, 0.25) is 0 Å². The normalized spacial score (nSPS) is 22.1. The third-order valence-corrected chi connectivity index (χ3v) is 4.74. The highest BCUT2D eigenvalue weighted by molar-refractivity contribution is 8.00. The van der Waals surface area contributed by atoms with Crippen molar-refractivity contribution in [1.29, 1.82) is 0 Å². The molecule has 0 aromatic heterocycles. The molecule has 4 nitrogen and oxygen atoms in total. The summed E-state index contributed by atoms with van der Waals surface area (Å²) in [4.78, 5) is 26.3. The van der Waals surface area contributed by atoms with E-state index in [1.54, 1.807) is 16.7 Å². The standard InChI is InChI=1S/C15H27NO3S/c1-4-7-9-13(17)16-12(15(18)19-10-6-3)11-20-14(16)8-5-2/h12,14H,4-11H2,1-3H3. The Morgan fingerprint density at radius 1 is 1.20 bits per heavy atom. The van der Waals surface area contributed by atoms with Crippen LogP contribution in [0.5, 0.6) is 0 Å². The summed E-state index contributed by atoms with van der Waals surface area (Å²) in [5, 5.41) is 0.142. The van der Waals surface area contributed by atoms with E-state index in [-0.39, 0.29) is 23.3 Å². The van der Waals surface area contributed by atoms with Crippen molar-refractivity contribution < 1.29 is 14.3 Å². The molecule has 1 rings (SSSR count). The van der Waals surface area contributed by atoms with E-state index in [0.29, 0.717) is 18.8 Å². The van der Waals surface area contributed by atoms with E-state index in [2.05, 4.69) is 13.8 Å². The summed E-state index contributed by atoms with van der Waals surface area (Å²) in [7, 11) is 0. The van der Waals surface area contributed by atoms with Crippen molar-refractivity contribution in [3.63, 3.8) is 0 Å². The number of carbonyl (C=O) groups excluding carboxylic acids is 2. The Balaban J connectivity index is 2.71. The number of hydrogen-bond donors (Lipinski definition) is 0. The molecule has 0 aromatic carbocycles. The molecule has 1 amide bonds. The van der Waals surface area contributed by atoms with E-state index in [4.69, 9.17) is 4.74 Å². The molecular weight excluding hydrogens is 274 g/mol. The third kappa shape index (κ3) is 4.69. The fourth-order valence-electron chi connectivity index (χ4n) is 2.30. The van der Waals surface area contributed by atoms with Crippen molar-refractivity contribution in [2.75, 3.05) is 12.4 Å². The van der Waals surface area contributed by atoms with Crippen LogP contribution in [-0.4, -0.2) is 40.6 Å². The minimum Gasteiger partial charge on any atom is -0.464 e. The second-order valence-corrected chi connectivity index (χ2v) is 6.38. The van der Waals surface area contributed by atoms with Gasteiger partial charge < -0.3 is 9.64 Å². The van der Waals surface area contributed by atoms with Crippen LogP contribution in [0.25, 0.3) is 0 Å². The Hall–Kier alpha value is -0.710. The van der Waals surface area contributed by atoms with Crippen molar-refractivity contribution >= 4 is 23.6 Å². The molecule has 2 unspecified atom stereocenters. The summed E-state index contributed by atoms with van der Waals surface area (Å²) in [6, 6.07) is -0.382. The molecule has 116 valence electrons. The SMILES string of the molecule is CCCCC(=O)N1C(CCC)SCC1C(=O)OCCC. The molecule has 20 heavy (non-hydrogen) atoms. The Labute approximate surface area is 126 Å². The van der Waals surface area contributed by atoms with E-state index < -0.39 is 0 Å². The number of carbonyl (C=O) groups is 2. The van der Waals surface area contributed by atoms with Gasteiger partial charge in [-0.1, -0.05) is 33.6 Å². The van der Waals surface area contributed by atoms with Crippen molar-refractivity contribution in [2.45, 2.75) is 70.7 Å². The number of nitrogens with zero attached hydrogens (tertiary/aromatic N) is 1. The van der Waals surface area contributed by atoms with Gasteiger partial charge in [0.05, 0.1) is 12.0 Å². The van der Waals surface area contributed by atoms with Gasteiger partial charge in [-0.3, -0.25) is 4.79 Å². The largest absolute Gasteiger partial charge is 0.464 e. The van der Waals surface area contributed by atoms with Gasteiger partial charge in [0.25, 0.3) is 0 Å².